The molecule has 0 aromatic heterocycles. The number of carbonyl (C=O) groups excluding carboxylic acids is 1. The third kappa shape index (κ3) is 5.27. The van der Waals surface area contributed by atoms with Crippen molar-refractivity contribution in [1.29, 1.82) is 0 Å². The van der Waals surface area contributed by atoms with E-state index in [0.29, 0.717) is 0 Å². The molecule has 132 valence electrons. The predicted molar refractivity (Wildman–Crippen MR) is 102 cm³/mol. The number of anilines is 1. The summed E-state index contributed by atoms with van der Waals surface area (Å²) in [5.74, 6) is 0.0759. The zero-order valence-corrected chi connectivity index (χ0v) is 16.0. The molecule has 1 aromatic carbocycles. The molecule has 0 aliphatic carbocycles. The first-order chi connectivity index (χ1) is 9.80. The molecule has 1 fully saturated rings. The van der Waals surface area contributed by atoms with Crippen LogP contribution in [0.1, 0.15) is 26.3 Å². The van der Waals surface area contributed by atoms with Crippen molar-refractivity contribution in [3.8, 4) is 0 Å². The van der Waals surface area contributed by atoms with E-state index in [0.717, 1.165) is 26.2 Å². The van der Waals surface area contributed by atoms with Crippen LogP contribution >= 0.6 is 24.8 Å². The molecule has 2 N–H and O–H groups in total. The minimum absolute atomic E-state index is 0. The van der Waals surface area contributed by atoms with Crippen LogP contribution in [-0.2, 0) is 4.79 Å². The lowest BCUT2D eigenvalue weighted by Crippen LogP contribution is -2.56. The summed E-state index contributed by atoms with van der Waals surface area (Å²) >= 11 is 0. The van der Waals surface area contributed by atoms with Gasteiger partial charge in [0.1, 0.15) is 0 Å². The van der Waals surface area contributed by atoms with Crippen LogP contribution < -0.4 is 10.6 Å². The van der Waals surface area contributed by atoms with Crippen molar-refractivity contribution in [1.82, 2.24) is 4.90 Å². The minimum atomic E-state index is -0.428. The first-order valence-electron chi connectivity index (χ1n) is 7.65. The fourth-order valence-corrected chi connectivity index (χ4v) is 2.65. The zero-order chi connectivity index (χ0) is 15.6. The van der Waals surface area contributed by atoms with Gasteiger partial charge in [-0.3, -0.25) is 4.79 Å². The Labute approximate surface area is 152 Å². The summed E-state index contributed by atoms with van der Waals surface area (Å²) in [7, 11) is 0. The number of hydrogen-bond donors (Lipinski definition) is 1. The van der Waals surface area contributed by atoms with Crippen LogP contribution in [0.15, 0.2) is 24.3 Å². The summed E-state index contributed by atoms with van der Waals surface area (Å²) < 4.78 is 0. The lowest BCUT2D eigenvalue weighted by Gasteiger charge is -2.39. The second kappa shape index (κ2) is 8.76. The van der Waals surface area contributed by atoms with E-state index in [1.54, 1.807) is 0 Å². The fraction of sp³-hybridized carbons (Fsp3) is 0.588. The largest absolute Gasteiger partial charge is 0.368 e. The second-order valence-corrected chi connectivity index (χ2v) is 6.94. The van der Waals surface area contributed by atoms with Gasteiger partial charge in [0.25, 0.3) is 0 Å². The molecule has 0 radical (unpaired) electrons. The molecule has 1 aliphatic rings. The quantitative estimate of drug-likeness (QED) is 0.880. The summed E-state index contributed by atoms with van der Waals surface area (Å²) in [5, 5.41) is 0. The third-order valence-corrected chi connectivity index (χ3v) is 4.25. The van der Waals surface area contributed by atoms with Crippen LogP contribution in [0, 0.1) is 12.3 Å². The molecule has 1 atom stereocenters. The van der Waals surface area contributed by atoms with Crippen LogP contribution in [0.5, 0.6) is 0 Å². The Bertz CT molecular complexity index is 509. The minimum Gasteiger partial charge on any atom is -0.368 e. The average Bonchev–Trinajstić information content (AvgIpc) is 2.45. The molecule has 0 saturated carbocycles. The summed E-state index contributed by atoms with van der Waals surface area (Å²) in [6.45, 7) is 11.4. The number of carbonyl (C=O) groups is 1. The highest BCUT2D eigenvalue weighted by molar-refractivity contribution is 5.85. The standard InChI is InChI=1S/C17H27N3O.2ClH/c1-13-7-5-6-8-14(13)19-9-11-20(12-10-19)16(21)15(18)17(2,3)4;;/h5-8,15H,9-12,18H2,1-4H3;2*1H/t15-;;/m1../s1. The van der Waals surface area contributed by atoms with Crippen molar-refractivity contribution in [2.75, 3.05) is 31.1 Å². The van der Waals surface area contributed by atoms with Crippen LogP contribution in [0.3, 0.4) is 0 Å². The third-order valence-electron chi connectivity index (χ3n) is 4.25. The number of hydrogen-bond acceptors (Lipinski definition) is 3. The van der Waals surface area contributed by atoms with E-state index in [2.05, 4.69) is 36.1 Å². The lowest BCUT2D eigenvalue weighted by molar-refractivity contribution is -0.135. The van der Waals surface area contributed by atoms with E-state index < -0.39 is 6.04 Å². The van der Waals surface area contributed by atoms with Gasteiger partial charge in [-0.25, -0.2) is 0 Å². The average molecular weight is 362 g/mol. The van der Waals surface area contributed by atoms with E-state index in [4.69, 9.17) is 5.73 Å². The Morgan fingerprint density at radius 2 is 1.61 bits per heavy atom. The van der Waals surface area contributed by atoms with Gasteiger partial charge >= 0.3 is 0 Å². The maximum atomic E-state index is 12.4. The molecule has 6 heteroatoms. The number of piperazine rings is 1. The Balaban J connectivity index is 0.00000242. The zero-order valence-electron chi connectivity index (χ0n) is 14.4. The van der Waals surface area contributed by atoms with Crippen molar-refractivity contribution in [3.05, 3.63) is 29.8 Å². The molecule has 2 rings (SSSR count). The first kappa shape index (κ1) is 22.0. The number of rotatable bonds is 2. The predicted octanol–water partition coefficient (Wildman–Crippen LogP) is 2.86. The molecule has 0 spiro atoms. The molecule has 4 nitrogen and oxygen atoms in total. The van der Waals surface area contributed by atoms with E-state index in [-0.39, 0.29) is 36.1 Å². The number of nitrogens with zero attached hydrogens (tertiary/aromatic N) is 2. The highest BCUT2D eigenvalue weighted by Crippen LogP contribution is 2.23. The Hall–Kier alpha value is -0.970. The Kier molecular flexibility index (Phi) is 8.39. The SMILES string of the molecule is Cc1ccccc1N1CCN(C(=O)[C@@H](N)C(C)(C)C)CC1.Cl.Cl. The number of amides is 1. The monoisotopic (exact) mass is 361 g/mol. The topological polar surface area (TPSA) is 49.6 Å². The molecule has 1 amide bonds. The van der Waals surface area contributed by atoms with E-state index >= 15 is 0 Å². The smallest absolute Gasteiger partial charge is 0.240 e. The summed E-state index contributed by atoms with van der Waals surface area (Å²) in [5.41, 5.74) is 8.45. The molecule has 0 bridgehead atoms. The summed E-state index contributed by atoms with van der Waals surface area (Å²) in [6, 6.07) is 7.97. The first-order valence-corrected chi connectivity index (χ1v) is 7.65. The maximum Gasteiger partial charge on any atom is 0.240 e. The number of aryl methyl sites for hydroxylation is 1. The van der Waals surface area contributed by atoms with Crippen molar-refractivity contribution < 1.29 is 4.79 Å². The molecule has 0 unspecified atom stereocenters. The van der Waals surface area contributed by atoms with Crippen molar-refractivity contribution in [3.63, 3.8) is 0 Å². The Morgan fingerprint density at radius 3 is 2.09 bits per heavy atom. The van der Waals surface area contributed by atoms with Crippen LogP contribution in [-0.4, -0.2) is 43.0 Å². The van der Waals surface area contributed by atoms with Gasteiger partial charge < -0.3 is 15.5 Å². The fourth-order valence-electron chi connectivity index (χ4n) is 2.65. The molecule has 1 saturated heterocycles. The van der Waals surface area contributed by atoms with Crippen LogP contribution in [0.2, 0.25) is 0 Å². The van der Waals surface area contributed by atoms with Crippen LogP contribution in [0.4, 0.5) is 5.69 Å². The summed E-state index contributed by atoms with van der Waals surface area (Å²) in [6.07, 6.45) is 0. The van der Waals surface area contributed by atoms with Gasteiger partial charge in [0, 0.05) is 31.9 Å². The molecular formula is C17H29Cl2N3O. The molecule has 1 aromatic rings. The second-order valence-electron chi connectivity index (χ2n) is 6.94. The van der Waals surface area contributed by atoms with Crippen molar-refractivity contribution >= 4 is 36.4 Å². The van der Waals surface area contributed by atoms with Crippen molar-refractivity contribution in [2.45, 2.75) is 33.7 Å². The Morgan fingerprint density at radius 1 is 1.09 bits per heavy atom. The highest BCUT2D eigenvalue weighted by Gasteiger charge is 2.32. The molecule has 1 heterocycles. The van der Waals surface area contributed by atoms with Gasteiger partial charge in [0.15, 0.2) is 0 Å². The maximum absolute atomic E-state index is 12.4. The molecule has 23 heavy (non-hydrogen) atoms. The van der Waals surface area contributed by atoms with Crippen molar-refractivity contribution in [2.24, 2.45) is 11.1 Å². The molecule has 1 aliphatic heterocycles. The van der Waals surface area contributed by atoms with Gasteiger partial charge in [0.2, 0.25) is 5.91 Å². The van der Waals surface area contributed by atoms with Gasteiger partial charge in [-0.1, -0.05) is 39.0 Å². The van der Waals surface area contributed by atoms with E-state index in [1.807, 2.05) is 25.7 Å². The molecular weight excluding hydrogens is 333 g/mol. The number of halogens is 2. The lowest BCUT2D eigenvalue weighted by atomic mass is 9.86. The van der Waals surface area contributed by atoms with Gasteiger partial charge in [-0.2, -0.15) is 0 Å². The van der Waals surface area contributed by atoms with Gasteiger partial charge in [0.05, 0.1) is 6.04 Å². The summed E-state index contributed by atoms with van der Waals surface area (Å²) in [4.78, 5) is 16.7. The number of benzene rings is 1. The van der Waals surface area contributed by atoms with Gasteiger partial charge in [-0.05, 0) is 24.0 Å². The highest BCUT2D eigenvalue weighted by atomic mass is 35.5. The number of para-hydroxylation sites is 1. The number of nitrogens with two attached hydrogens (primary N) is 1. The van der Waals surface area contributed by atoms with Gasteiger partial charge in [-0.15, -0.1) is 24.8 Å². The normalized spacial score (nSPS) is 16.2. The van der Waals surface area contributed by atoms with E-state index in [1.165, 1.54) is 11.3 Å². The van der Waals surface area contributed by atoms with E-state index in [9.17, 15) is 4.79 Å². The van der Waals surface area contributed by atoms with Crippen LogP contribution in [0.25, 0.3) is 0 Å².